The van der Waals surface area contributed by atoms with Crippen molar-refractivity contribution < 1.29 is 9.53 Å². The van der Waals surface area contributed by atoms with Crippen LogP contribution in [-0.4, -0.2) is 12.8 Å². The highest BCUT2D eigenvalue weighted by Gasteiger charge is 2.07. The van der Waals surface area contributed by atoms with Crippen LogP contribution in [0.2, 0.25) is 15.1 Å². The molecule has 0 saturated carbocycles. The van der Waals surface area contributed by atoms with Gasteiger partial charge in [0.15, 0.2) is 6.73 Å². The Kier molecular flexibility index (Phi) is 5.99. The molecular weight excluding hydrogens is 359 g/mol. The molecule has 0 bridgehead atoms. The third kappa shape index (κ3) is 4.93. The summed E-state index contributed by atoms with van der Waals surface area (Å²) in [6.07, 6.45) is 0. The minimum atomic E-state index is -0.434. The van der Waals surface area contributed by atoms with Crippen LogP contribution in [0.1, 0.15) is 11.1 Å². The molecule has 2 N–H and O–H groups in total. The number of aryl methyl sites for hydroxylation is 2. The van der Waals surface area contributed by atoms with Gasteiger partial charge in [-0.05, 0) is 55.3 Å². The van der Waals surface area contributed by atoms with E-state index < -0.39 is 6.03 Å². The van der Waals surface area contributed by atoms with Crippen molar-refractivity contribution in [2.75, 3.05) is 12.0 Å². The smallest absolute Gasteiger partial charge is 0.321 e. The van der Waals surface area contributed by atoms with E-state index in [1.54, 1.807) is 18.2 Å². The Morgan fingerprint density at radius 2 is 1.74 bits per heavy atom. The largest absolute Gasteiger partial charge is 0.473 e. The van der Waals surface area contributed by atoms with Crippen LogP contribution in [0.25, 0.3) is 0 Å². The third-order valence-electron chi connectivity index (χ3n) is 3.06. The van der Waals surface area contributed by atoms with E-state index in [0.717, 1.165) is 11.1 Å². The topological polar surface area (TPSA) is 50.4 Å². The number of benzene rings is 2. The van der Waals surface area contributed by atoms with Crippen molar-refractivity contribution in [1.29, 1.82) is 0 Å². The van der Waals surface area contributed by atoms with Gasteiger partial charge in [0.25, 0.3) is 0 Å². The van der Waals surface area contributed by atoms with Crippen LogP contribution in [0.3, 0.4) is 0 Å². The second kappa shape index (κ2) is 7.77. The second-order valence-corrected chi connectivity index (χ2v) is 6.14. The van der Waals surface area contributed by atoms with Crippen molar-refractivity contribution in [3.63, 3.8) is 0 Å². The highest BCUT2D eigenvalue weighted by molar-refractivity contribution is 6.36. The number of carbonyl (C=O) groups excluding carboxylic acids is 1. The molecule has 122 valence electrons. The Morgan fingerprint density at radius 3 is 2.35 bits per heavy atom. The zero-order chi connectivity index (χ0) is 17.0. The Hall–Kier alpha value is -1.62. The minimum absolute atomic E-state index is 0.0115. The van der Waals surface area contributed by atoms with Crippen LogP contribution >= 0.6 is 34.8 Å². The quantitative estimate of drug-likeness (QED) is 0.703. The van der Waals surface area contributed by atoms with Crippen LogP contribution < -0.4 is 15.4 Å². The van der Waals surface area contributed by atoms with Gasteiger partial charge in [-0.15, -0.1) is 0 Å². The molecule has 0 fully saturated rings. The average Bonchev–Trinajstić information content (AvgIpc) is 2.47. The molecule has 0 aromatic heterocycles. The first-order valence-electron chi connectivity index (χ1n) is 6.76. The lowest BCUT2D eigenvalue weighted by Crippen LogP contribution is -2.32. The fourth-order valence-corrected chi connectivity index (χ4v) is 2.50. The maximum absolute atomic E-state index is 11.8. The number of rotatable bonds is 4. The van der Waals surface area contributed by atoms with Gasteiger partial charge >= 0.3 is 6.03 Å². The molecule has 0 atom stereocenters. The molecule has 4 nitrogen and oxygen atoms in total. The van der Waals surface area contributed by atoms with Crippen LogP contribution in [0.5, 0.6) is 5.75 Å². The molecule has 2 amide bonds. The van der Waals surface area contributed by atoms with Crippen molar-refractivity contribution >= 4 is 46.5 Å². The highest BCUT2D eigenvalue weighted by atomic mass is 35.5. The van der Waals surface area contributed by atoms with Crippen LogP contribution in [0, 0.1) is 13.8 Å². The number of hydrogen-bond acceptors (Lipinski definition) is 2. The number of nitrogens with one attached hydrogen (secondary N) is 2. The van der Waals surface area contributed by atoms with E-state index in [1.807, 2.05) is 26.0 Å². The van der Waals surface area contributed by atoms with Gasteiger partial charge in [-0.25, -0.2) is 4.79 Å². The van der Waals surface area contributed by atoms with Gasteiger partial charge in [-0.3, -0.25) is 0 Å². The summed E-state index contributed by atoms with van der Waals surface area (Å²) in [6, 6.07) is 8.00. The monoisotopic (exact) mass is 372 g/mol. The predicted octanol–water partition coefficient (Wildman–Crippen LogP) is 5.42. The molecule has 2 aromatic carbocycles. The first kappa shape index (κ1) is 17.7. The van der Waals surface area contributed by atoms with Crippen molar-refractivity contribution in [2.45, 2.75) is 13.8 Å². The van der Waals surface area contributed by atoms with Crippen molar-refractivity contribution in [3.8, 4) is 5.75 Å². The molecule has 2 aromatic rings. The summed E-state index contributed by atoms with van der Waals surface area (Å²) >= 11 is 17.9. The van der Waals surface area contributed by atoms with E-state index in [2.05, 4.69) is 10.6 Å². The molecule has 0 aliphatic rings. The summed E-state index contributed by atoms with van der Waals surface area (Å²) in [7, 11) is 0. The number of ether oxygens (including phenoxy) is 1. The van der Waals surface area contributed by atoms with Crippen molar-refractivity contribution in [1.82, 2.24) is 5.32 Å². The van der Waals surface area contributed by atoms with Crippen molar-refractivity contribution in [2.24, 2.45) is 0 Å². The molecule has 2 rings (SSSR count). The fourth-order valence-electron chi connectivity index (χ4n) is 1.93. The van der Waals surface area contributed by atoms with E-state index in [1.165, 1.54) is 0 Å². The SMILES string of the molecule is Cc1cc(OCNC(=O)Nc2ccc(Cl)cc2Cl)cc(C)c1Cl. The molecule has 0 aliphatic carbocycles. The summed E-state index contributed by atoms with van der Waals surface area (Å²) < 4.78 is 5.50. The molecule has 0 radical (unpaired) electrons. The lowest BCUT2D eigenvalue weighted by Gasteiger charge is -2.12. The number of urea groups is 1. The maximum atomic E-state index is 11.8. The van der Waals surface area contributed by atoms with Crippen LogP contribution in [0.15, 0.2) is 30.3 Å². The minimum Gasteiger partial charge on any atom is -0.473 e. The molecule has 23 heavy (non-hydrogen) atoms. The molecule has 7 heteroatoms. The van der Waals surface area contributed by atoms with E-state index >= 15 is 0 Å². The molecular formula is C16H15Cl3N2O2. The second-order valence-electron chi connectivity index (χ2n) is 4.91. The van der Waals surface area contributed by atoms with Crippen LogP contribution in [0.4, 0.5) is 10.5 Å². The standard InChI is InChI=1S/C16H15Cl3N2O2/c1-9-5-12(6-10(2)15(9)19)23-8-20-16(22)21-14-4-3-11(17)7-13(14)18/h3-7H,8H2,1-2H3,(H2,20,21,22). The lowest BCUT2D eigenvalue weighted by atomic mass is 10.1. The van der Waals surface area contributed by atoms with E-state index in [9.17, 15) is 4.79 Å². The maximum Gasteiger partial charge on any atom is 0.321 e. The number of hydrogen-bond donors (Lipinski definition) is 2. The van der Waals surface area contributed by atoms with Gasteiger partial charge in [0.05, 0.1) is 10.7 Å². The summed E-state index contributed by atoms with van der Waals surface area (Å²) in [5.41, 5.74) is 2.30. The molecule has 0 saturated heterocycles. The molecule has 0 aliphatic heterocycles. The summed E-state index contributed by atoms with van der Waals surface area (Å²) in [6.45, 7) is 3.80. The van der Waals surface area contributed by atoms with E-state index in [-0.39, 0.29) is 6.73 Å². The normalized spacial score (nSPS) is 10.3. The zero-order valence-corrected chi connectivity index (χ0v) is 14.8. The number of amides is 2. The first-order chi connectivity index (χ1) is 10.9. The van der Waals surface area contributed by atoms with Gasteiger partial charge in [-0.2, -0.15) is 0 Å². The fraction of sp³-hybridized carbons (Fsp3) is 0.188. The Morgan fingerprint density at radius 1 is 1.09 bits per heavy atom. The average molecular weight is 374 g/mol. The Balaban J connectivity index is 1.87. The summed E-state index contributed by atoms with van der Waals surface area (Å²) in [5.74, 6) is 0.634. The Labute approximate surface area is 149 Å². The predicted molar refractivity (Wildman–Crippen MR) is 95.0 cm³/mol. The first-order valence-corrected chi connectivity index (χ1v) is 7.89. The molecule has 0 spiro atoms. The summed E-state index contributed by atoms with van der Waals surface area (Å²) in [4.78, 5) is 11.8. The lowest BCUT2D eigenvalue weighted by molar-refractivity contribution is 0.234. The third-order valence-corrected chi connectivity index (χ3v) is 4.20. The number of halogens is 3. The number of carbonyl (C=O) groups is 1. The Bertz CT molecular complexity index is 712. The van der Waals surface area contributed by atoms with E-state index in [0.29, 0.717) is 26.5 Å². The molecule has 0 unspecified atom stereocenters. The van der Waals surface area contributed by atoms with Crippen LogP contribution in [-0.2, 0) is 0 Å². The van der Waals surface area contributed by atoms with Gasteiger partial charge in [0.1, 0.15) is 5.75 Å². The summed E-state index contributed by atoms with van der Waals surface area (Å²) in [5, 5.41) is 6.76. The van der Waals surface area contributed by atoms with Crippen molar-refractivity contribution in [3.05, 3.63) is 56.5 Å². The van der Waals surface area contributed by atoms with Gasteiger partial charge in [0.2, 0.25) is 0 Å². The number of anilines is 1. The van der Waals surface area contributed by atoms with Gasteiger partial charge < -0.3 is 15.4 Å². The molecule has 0 heterocycles. The van der Waals surface area contributed by atoms with E-state index in [4.69, 9.17) is 39.5 Å². The van der Waals surface area contributed by atoms with Gasteiger partial charge in [0, 0.05) is 10.0 Å². The van der Waals surface area contributed by atoms with Gasteiger partial charge in [-0.1, -0.05) is 34.8 Å². The highest BCUT2D eigenvalue weighted by Crippen LogP contribution is 2.26. The zero-order valence-electron chi connectivity index (χ0n) is 12.5.